The summed E-state index contributed by atoms with van der Waals surface area (Å²) in [6.45, 7) is 1.29. The molecule has 0 aliphatic carbocycles. The molecule has 0 radical (unpaired) electrons. The summed E-state index contributed by atoms with van der Waals surface area (Å²) in [4.78, 5) is 57.1. The summed E-state index contributed by atoms with van der Waals surface area (Å²) >= 11 is 0. The van der Waals surface area contributed by atoms with E-state index >= 15 is 0 Å². The summed E-state index contributed by atoms with van der Waals surface area (Å²) in [5.41, 5.74) is 0.0778. The zero-order valence-corrected chi connectivity index (χ0v) is 15.2. The SMILES string of the molecule is CC(=O)NCC(O)C[n+]1cccc(CC(O)(P(=O)(O)O)[PH](O)(O)O)c1. The molecule has 2 atom stereocenters. The zero-order chi connectivity index (χ0) is 19.5. The van der Waals surface area contributed by atoms with E-state index in [-0.39, 0.29) is 24.6 Å². The Morgan fingerprint density at radius 2 is 2.00 bits per heavy atom. The summed E-state index contributed by atoms with van der Waals surface area (Å²) in [5.74, 6) is -0.320. The molecule has 0 aliphatic rings. The molecule has 25 heavy (non-hydrogen) atoms. The first-order valence-corrected chi connectivity index (χ1v) is 10.6. The third kappa shape index (κ3) is 6.03. The molecule has 1 amide bonds. The van der Waals surface area contributed by atoms with Crippen molar-refractivity contribution in [1.29, 1.82) is 0 Å². The Morgan fingerprint density at radius 1 is 1.40 bits per heavy atom. The van der Waals surface area contributed by atoms with Crippen molar-refractivity contribution < 1.29 is 48.6 Å². The van der Waals surface area contributed by atoms with Crippen LogP contribution in [0.1, 0.15) is 12.5 Å². The molecule has 8 N–H and O–H groups in total. The number of aliphatic hydroxyl groups is 2. The third-order valence-electron chi connectivity index (χ3n) is 3.40. The fraction of sp³-hybridized carbons (Fsp3) is 0.500. The van der Waals surface area contributed by atoms with E-state index in [1.54, 1.807) is 0 Å². The predicted molar refractivity (Wildman–Crippen MR) is 87.0 cm³/mol. The molecule has 1 aromatic rings. The van der Waals surface area contributed by atoms with E-state index in [4.69, 9.17) is 0 Å². The van der Waals surface area contributed by atoms with E-state index in [0.717, 1.165) is 0 Å². The van der Waals surface area contributed by atoms with Crippen LogP contribution in [0.15, 0.2) is 24.5 Å². The Balaban J connectivity index is 2.97. The monoisotopic (exact) mass is 401 g/mol. The molecule has 1 aromatic heterocycles. The van der Waals surface area contributed by atoms with Crippen LogP contribution in [0, 0.1) is 0 Å². The van der Waals surface area contributed by atoms with Crippen LogP contribution >= 0.6 is 15.5 Å². The number of aliphatic hydroxyl groups excluding tert-OH is 1. The van der Waals surface area contributed by atoms with Crippen molar-refractivity contribution in [1.82, 2.24) is 5.32 Å². The number of nitrogens with zero attached hydrogens (tertiary/aromatic N) is 1. The van der Waals surface area contributed by atoms with Gasteiger partial charge in [-0.1, -0.05) is 0 Å². The van der Waals surface area contributed by atoms with E-state index in [9.17, 15) is 44.0 Å². The topological polar surface area (TPSA) is 192 Å². The van der Waals surface area contributed by atoms with Gasteiger partial charge in [0.05, 0.1) is 0 Å². The molecular formula is C12H23N2O9P2+. The first kappa shape index (κ1) is 22.0. The molecule has 0 aliphatic heterocycles. The first-order chi connectivity index (χ1) is 11.3. The Labute approximate surface area is 143 Å². The second kappa shape index (κ2) is 8.13. The van der Waals surface area contributed by atoms with Crippen LogP contribution in [0.25, 0.3) is 0 Å². The number of nitrogens with one attached hydrogen (secondary N) is 1. The van der Waals surface area contributed by atoms with Crippen LogP contribution in [0.5, 0.6) is 0 Å². The minimum absolute atomic E-state index is 0.0150. The summed E-state index contributed by atoms with van der Waals surface area (Å²) in [7, 11) is -11.1. The van der Waals surface area contributed by atoms with E-state index in [2.05, 4.69) is 5.32 Å². The number of carbonyl (C=O) groups is 1. The van der Waals surface area contributed by atoms with E-state index in [1.165, 1.54) is 36.0 Å². The van der Waals surface area contributed by atoms with Crippen LogP contribution < -0.4 is 9.88 Å². The first-order valence-electron chi connectivity index (χ1n) is 7.12. The van der Waals surface area contributed by atoms with Crippen LogP contribution in [0.2, 0.25) is 0 Å². The molecule has 0 bridgehead atoms. The van der Waals surface area contributed by atoms with Gasteiger partial charge < -0.3 is 0 Å². The van der Waals surface area contributed by atoms with Gasteiger partial charge in [-0.05, 0) is 0 Å². The van der Waals surface area contributed by atoms with Crippen molar-refractivity contribution in [2.45, 2.75) is 31.1 Å². The Kier molecular flexibility index (Phi) is 7.17. The van der Waals surface area contributed by atoms with Crippen molar-refractivity contribution in [3.63, 3.8) is 0 Å². The molecule has 0 saturated heterocycles. The standard InChI is InChI=1S/C12H22N2O9P2/c1-9(15)13-6-11(16)8-14-4-2-3-10(7-14)5-12(17,24(18,19)20)25(21,22)23/h2-4,7,11,16-20,24H,5-6,8H2,1H3,(H2-,13,15,21,22,23)/p+1. The van der Waals surface area contributed by atoms with Crippen molar-refractivity contribution in [2.75, 3.05) is 6.54 Å². The normalized spacial score (nSPS) is 16.8. The number of hydrogen-bond donors (Lipinski definition) is 8. The molecule has 1 rings (SSSR count). The van der Waals surface area contributed by atoms with Gasteiger partial charge in [-0.3, -0.25) is 0 Å². The van der Waals surface area contributed by atoms with E-state index in [0.29, 0.717) is 0 Å². The summed E-state index contributed by atoms with van der Waals surface area (Å²) in [5, 5.41) is 18.8. The number of aromatic nitrogens is 1. The Hall–Kier alpha value is -1.00. The van der Waals surface area contributed by atoms with E-state index in [1.807, 2.05) is 0 Å². The van der Waals surface area contributed by atoms with E-state index < -0.39 is 33.1 Å². The summed E-state index contributed by atoms with van der Waals surface area (Å²) in [6.07, 6.45) is 0.943. The molecule has 144 valence electrons. The van der Waals surface area contributed by atoms with Gasteiger partial charge in [-0.15, -0.1) is 0 Å². The van der Waals surface area contributed by atoms with Crippen LogP contribution in [-0.4, -0.2) is 58.3 Å². The second-order valence-corrected chi connectivity index (χ2v) is 10.0. The van der Waals surface area contributed by atoms with Crippen LogP contribution in [0.4, 0.5) is 0 Å². The molecule has 11 nitrogen and oxygen atoms in total. The fourth-order valence-corrected chi connectivity index (χ4v) is 4.46. The van der Waals surface area contributed by atoms with Gasteiger partial charge in [0.25, 0.3) is 0 Å². The Morgan fingerprint density at radius 3 is 2.48 bits per heavy atom. The van der Waals surface area contributed by atoms with Crippen LogP contribution in [-0.2, 0) is 22.3 Å². The molecular weight excluding hydrogens is 378 g/mol. The summed E-state index contributed by atoms with van der Waals surface area (Å²) < 4.78 is 12.8. The molecule has 1 heterocycles. The number of pyridine rings is 1. The average Bonchev–Trinajstić information content (AvgIpc) is 2.43. The molecule has 0 spiro atoms. The molecule has 0 fully saturated rings. The molecule has 13 heteroatoms. The maximum absolute atomic E-state index is 11.4. The molecule has 2 unspecified atom stereocenters. The maximum atomic E-state index is 11.4. The molecule has 0 saturated carbocycles. The Bertz CT molecular complexity index is 660. The predicted octanol–water partition coefficient (Wildman–Crippen LogP) is -2.69. The van der Waals surface area contributed by atoms with Gasteiger partial charge in [0.1, 0.15) is 0 Å². The number of hydrogen-bond acceptors (Lipinski definition) is 7. The fourth-order valence-electron chi connectivity index (χ4n) is 2.07. The van der Waals surface area contributed by atoms with Gasteiger partial charge in [0.2, 0.25) is 0 Å². The van der Waals surface area contributed by atoms with Crippen molar-refractivity contribution in [3.8, 4) is 0 Å². The van der Waals surface area contributed by atoms with Crippen molar-refractivity contribution in [2.24, 2.45) is 0 Å². The summed E-state index contributed by atoms with van der Waals surface area (Å²) in [6, 6.07) is 2.79. The van der Waals surface area contributed by atoms with Gasteiger partial charge in [0, 0.05) is 0 Å². The minimum atomic E-state index is -5.62. The third-order valence-corrected chi connectivity index (χ3v) is 7.54. The number of rotatable bonds is 8. The van der Waals surface area contributed by atoms with Crippen molar-refractivity contribution in [3.05, 3.63) is 30.1 Å². The van der Waals surface area contributed by atoms with Crippen molar-refractivity contribution >= 4 is 21.4 Å². The van der Waals surface area contributed by atoms with Crippen LogP contribution in [0.3, 0.4) is 0 Å². The van der Waals surface area contributed by atoms with Gasteiger partial charge >= 0.3 is 143 Å². The van der Waals surface area contributed by atoms with Gasteiger partial charge in [0.15, 0.2) is 0 Å². The quantitative estimate of drug-likeness (QED) is 0.169. The number of amides is 1. The van der Waals surface area contributed by atoms with Gasteiger partial charge in [-0.2, -0.15) is 0 Å². The zero-order valence-electron chi connectivity index (χ0n) is 13.3. The molecule has 0 aromatic carbocycles. The second-order valence-electron chi connectivity index (χ2n) is 5.67. The number of carbonyl (C=O) groups excluding carboxylic acids is 1. The van der Waals surface area contributed by atoms with Gasteiger partial charge in [-0.25, -0.2) is 0 Å². The average molecular weight is 401 g/mol.